The van der Waals surface area contributed by atoms with Gasteiger partial charge in [0, 0.05) is 37.8 Å². The van der Waals surface area contributed by atoms with Crippen LogP contribution >= 0.6 is 0 Å². The number of hydrogen-bond donors (Lipinski definition) is 1. The molecule has 5 nitrogen and oxygen atoms in total. The highest BCUT2D eigenvalue weighted by molar-refractivity contribution is 5.72. The first-order valence-electron chi connectivity index (χ1n) is 12.2. The number of amides is 1. The van der Waals surface area contributed by atoms with Crippen LogP contribution in [0.2, 0.25) is 0 Å². The van der Waals surface area contributed by atoms with Gasteiger partial charge < -0.3 is 15.0 Å². The van der Waals surface area contributed by atoms with E-state index in [4.69, 9.17) is 4.74 Å². The highest BCUT2D eigenvalue weighted by atomic mass is 16.6. The van der Waals surface area contributed by atoms with E-state index in [0.717, 1.165) is 32.4 Å². The monoisotopic (exact) mass is 455 g/mol. The van der Waals surface area contributed by atoms with Crippen molar-refractivity contribution in [3.8, 4) is 5.75 Å². The summed E-state index contributed by atoms with van der Waals surface area (Å²) in [5, 5.41) is 2.87. The fourth-order valence-electron chi connectivity index (χ4n) is 5.70. The van der Waals surface area contributed by atoms with Gasteiger partial charge in [-0.25, -0.2) is 4.79 Å². The van der Waals surface area contributed by atoms with Gasteiger partial charge in [0.15, 0.2) is 0 Å². The first-order chi connectivity index (χ1) is 16.5. The molecule has 0 radical (unpaired) electrons. The van der Waals surface area contributed by atoms with Crippen molar-refractivity contribution in [3.05, 3.63) is 95.6 Å². The van der Waals surface area contributed by atoms with Crippen molar-refractivity contribution in [2.45, 2.75) is 37.8 Å². The van der Waals surface area contributed by atoms with Crippen molar-refractivity contribution in [3.63, 3.8) is 0 Å². The molecule has 3 aromatic rings. The van der Waals surface area contributed by atoms with Gasteiger partial charge in [0.1, 0.15) is 5.75 Å². The minimum absolute atomic E-state index is 0.0178. The maximum absolute atomic E-state index is 12.4. The first kappa shape index (κ1) is 22.5. The molecule has 5 heteroatoms. The Hall–Kier alpha value is -3.31. The number of nitrogens with one attached hydrogen (secondary N) is 1. The van der Waals surface area contributed by atoms with Gasteiger partial charge in [0.2, 0.25) is 0 Å². The van der Waals surface area contributed by atoms with Crippen molar-refractivity contribution in [1.29, 1.82) is 0 Å². The van der Waals surface area contributed by atoms with Crippen molar-refractivity contribution >= 4 is 11.8 Å². The predicted octanol–water partition coefficient (Wildman–Crippen LogP) is 5.00. The lowest BCUT2D eigenvalue weighted by molar-refractivity contribution is 0.200. The van der Waals surface area contributed by atoms with Crippen LogP contribution in [-0.2, 0) is 18.3 Å². The van der Waals surface area contributed by atoms with E-state index in [-0.39, 0.29) is 5.41 Å². The third-order valence-electron chi connectivity index (χ3n) is 7.43. The van der Waals surface area contributed by atoms with Crippen molar-refractivity contribution in [1.82, 2.24) is 10.2 Å². The molecule has 1 fully saturated rings. The Morgan fingerprint density at radius 3 is 2.38 bits per heavy atom. The minimum atomic E-state index is -0.403. The van der Waals surface area contributed by atoms with Gasteiger partial charge in [0.25, 0.3) is 0 Å². The average molecular weight is 456 g/mol. The SMILES string of the molecule is CN1c2ccc(OC(=O)NCCc3ccccc3)cc2[C@]2(C)CCN(CCc3ccccc3)C12. The summed E-state index contributed by atoms with van der Waals surface area (Å²) >= 11 is 0. The molecule has 3 aromatic carbocycles. The Morgan fingerprint density at radius 1 is 1.00 bits per heavy atom. The van der Waals surface area contributed by atoms with E-state index in [1.165, 1.54) is 22.4 Å². The molecule has 176 valence electrons. The van der Waals surface area contributed by atoms with Crippen LogP contribution in [0.25, 0.3) is 0 Å². The Morgan fingerprint density at radius 2 is 1.68 bits per heavy atom. The Kier molecular flexibility index (Phi) is 6.29. The zero-order chi connectivity index (χ0) is 23.5. The van der Waals surface area contributed by atoms with Crippen LogP contribution in [0.5, 0.6) is 5.75 Å². The lowest BCUT2D eigenvalue weighted by atomic mass is 9.81. The molecule has 0 aliphatic carbocycles. The van der Waals surface area contributed by atoms with Crippen LogP contribution < -0.4 is 15.0 Å². The summed E-state index contributed by atoms with van der Waals surface area (Å²) in [6.45, 7) is 5.01. The minimum Gasteiger partial charge on any atom is -0.410 e. The van der Waals surface area contributed by atoms with Crippen molar-refractivity contribution in [2.24, 2.45) is 0 Å². The number of hydrogen-bond acceptors (Lipinski definition) is 4. The Balaban J connectivity index is 1.23. The van der Waals surface area contributed by atoms with Crippen LogP contribution in [-0.4, -0.2) is 43.8 Å². The lowest BCUT2D eigenvalue weighted by Gasteiger charge is -2.34. The summed E-state index contributed by atoms with van der Waals surface area (Å²) in [5.41, 5.74) is 5.10. The quantitative estimate of drug-likeness (QED) is 0.545. The van der Waals surface area contributed by atoms with Crippen LogP contribution in [0.4, 0.5) is 10.5 Å². The topological polar surface area (TPSA) is 44.8 Å². The molecule has 1 amide bonds. The van der Waals surface area contributed by atoms with Gasteiger partial charge in [0.05, 0.1) is 6.17 Å². The van der Waals surface area contributed by atoms with Crippen LogP contribution in [0.3, 0.4) is 0 Å². The number of fused-ring (bicyclic) bond motifs is 3. The summed E-state index contributed by atoms with van der Waals surface area (Å²) in [5.74, 6) is 0.606. The molecule has 2 heterocycles. The zero-order valence-electron chi connectivity index (χ0n) is 20.0. The van der Waals surface area contributed by atoms with E-state index in [1.54, 1.807) is 0 Å². The standard InChI is InChI=1S/C29H33N3O2/c1-29-17-20-32(19-16-23-11-7-4-8-12-23)27(29)31(2)26-14-13-24(21-25(26)29)34-28(33)30-18-15-22-9-5-3-6-10-22/h3-14,21,27H,15-20H2,1-2H3,(H,30,33)/t27?,29-/m0/s1. The molecule has 2 aliphatic rings. The number of likely N-dealkylation sites (tertiary alicyclic amines) is 1. The molecule has 2 aliphatic heterocycles. The molecule has 2 atom stereocenters. The highest BCUT2D eigenvalue weighted by Gasteiger charge is 2.53. The number of benzene rings is 3. The number of carbonyl (C=O) groups is 1. The molecular weight excluding hydrogens is 422 g/mol. The van der Waals surface area contributed by atoms with E-state index >= 15 is 0 Å². The Labute approximate surface area is 202 Å². The fraction of sp³-hybridized carbons (Fsp3) is 0.345. The second-order valence-corrected chi connectivity index (χ2v) is 9.65. The fourth-order valence-corrected chi connectivity index (χ4v) is 5.70. The normalized spacial score (nSPS) is 21.2. The van der Waals surface area contributed by atoms with Crippen molar-refractivity contribution in [2.75, 3.05) is 31.6 Å². The molecule has 0 bridgehead atoms. The van der Waals surface area contributed by atoms with E-state index < -0.39 is 6.09 Å². The number of nitrogens with zero attached hydrogens (tertiary/aromatic N) is 2. The van der Waals surface area contributed by atoms with E-state index in [1.807, 2.05) is 24.3 Å². The molecule has 1 saturated heterocycles. The largest absolute Gasteiger partial charge is 0.412 e. The maximum Gasteiger partial charge on any atom is 0.412 e. The Bertz CT molecular complexity index is 1130. The summed E-state index contributed by atoms with van der Waals surface area (Å²) in [4.78, 5) is 17.4. The molecule has 1 N–H and O–H groups in total. The lowest BCUT2D eigenvalue weighted by Crippen LogP contribution is -2.47. The zero-order valence-corrected chi connectivity index (χ0v) is 20.0. The van der Waals surface area contributed by atoms with Gasteiger partial charge >= 0.3 is 6.09 Å². The van der Waals surface area contributed by atoms with Gasteiger partial charge in [-0.05, 0) is 54.2 Å². The number of ether oxygens (including phenoxy) is 1. The molecule has 0 aromatic heterocycles. The summed E-state index contributed by atoms with van der Waals surface area (Å²) in [7, 11) is 2.19. The number of likely N-dealkylation sites (N-methyl/N-ethyl adjacent to an activating group) is 1. The molecule has 0 saturated carbocycles. The smallest absolute Gasteiger partial charge is 0.410 e. The molecule has 5 rings (SSSR count). The molecule has 34 heavy (non-hydrogen) atoms. The van der Waals surface area contributed by atoms with Gasteiger partial charge in [-0.15, -0.1) is 0 Å². The molecular formula is C29H33N3O2. The summed E-state index contributed by atoms with van der Waals surface area (Å²) in [6.07, 6.45) is 2.84. The maximum atomic E-state index is 12.4. The number of rotatable bonds is 7. The summed E-state index contributed by atoms with van der Waals surface area (Å²) < 4.78 is 5.66. The van der Waals surface area contributed by atoms with E-state index in [2.05, 4.69) is 83.7 Å². The summed E-state index contributed by atoms with van der Waals surface area (Å²) in [6, 6.07) is 26.9. The highest BCUT2D eigenvalue weighted by Crippen LogP contribution is 2.52. The van der Waals surface area contributed by atoms with E-state index in [9.17, 15) is 4.79 Å². The number of carbonyl (C=O) groups excluding carboxylic acids is 1. The number of anilines is 1. The first-order valence-corrected chi connectivity index (χ1v) is 12.2. The van der Waals surface area contributed by atoms with Crippen LogP contribution in [0.1, 0.15) is 30.0 Å². The predicted molar refractivity (Wildman–Crippen MR) is 136 cm³/mol. The van der Waals surface area contributed by atoms with E-state index in [0.29, 0.717) is 18.5 Å². The average Bonchev–Trinajstić information content (AvgIpc) is 3.30. The van der Waals surface area contributed by atoms with Crippen LogP contribution in [0, 0.1) is 0 Å². The molecule has 1 unspecified atom stereocenters. The third kappa shape index (κ3) is 4.40. The second-order valence-electron chi connectivity index (χ2n) is 9.65. The second kappa shape index (κ2) is 9.51. The van der Waals surface area contributed by atoms with Gasteiger partial charge in [-0.2, -0.15) is 0 Å². The molecule has 0 spiro atoms. The van der Waals surface area contributed by atoms with Gasteiger partial charge in [-0.3, -0.25) is 4.90 Å². The third-order valence-corrected chi connectivity index (χ3v) is 7.43. The van der Waals surface area contributed by atoms with Crippen LogP contribution in [0.15, 0.2) is 78.9 Å². The van der Waals surface area contributed by atoms with Gasteiger partial charge in [-0.1, -0.05) is 67.6 Å². The van der Waals surface area contributed by atoms with Crippen molar-refractivity contribution < 1.29 is 9.53 Å².